The predicted octanol–water partition coefficient (Wildman–Crippen LogP) is 8.85. The first-order valence-electron chi connectivity index (χ1n) is 11.4. The Labute approximate surface area is 177 Å². The normalized spacial score (nSPS) is 19.3. The van der Waals surface area contributed by atoms with Gasteiger partial charge in [-0.1, -0.05) is 57.6 Å². The average Bonchev–Trinajstić information content (AvgIpc) is 2.73. The van der Waals surface area contributed by atoms with Crippen LogP contribution in [-0.4, -0.2) is 0 Å². The molecule has 0 nitrogen and oxygen atoms in total. The standard InChI is InChI=1S/C26H32F4/c1-3-4-5-6-7-8-18-9-11-19(12-10-18)20-13-14-21(22(27)16-20)24-23(28)15-17(2)25(29)26(24)30/h13-16,18-19H,3-12H2,1-2H3/t18-,19-. The van der Waals surface area contributed by atoms with Gasteiger partial charge in [-0.3, -0.25) is 0 Å². The summed E-state index contributed by atoms with van der Waals surface area (Å²) in [6.07, 6.45) is 12.1. The molecule has 0 heterocycles. The van der Waals surface area contributed by atoms with Crippen molar-refractivity contribution in [3.05, 3.63) is 58.7 Å². The maximum absolute atomic E-state index is 14.8. The molecular weight excluding hydrogens is 388 g/mol. The molecule has 0 radical (unpaired) electrons. The number of halogens is 4. The highest BCUT2D eigenvalue weighted by atomic mass is 19.2. The average molecular weight is 421 g/mol. The second kappa shape index (κ2) is 10.5. The van der Waals surface area contributed by atoms with Crippen LogP contribution in [-0.2, 0) is 0 Å². The van der Waals surface area contributed by atoms with Crippen LogP contribution in [0, 0.1) is 36.1 Å². The Bertz CT molecular complexity index is 851. The van der Waals surface area contributed by atoms with Crippen molar-refractivity contribution in [3.63, 3.8) is 0 Å². The van der Waals surface area contributed by atoms with Crippen molar-refractivity contribution in [2.24, 2.45) is 5.92 Å². The quantitative estimate of drug-likeness (QED) is 0.227. The summed E-state index contributed by atoms with van der Waals surface area (Å²) in [7, 11) is 0. The minimum absolute atomic E-state index is 0.132. The molecule has 0 unspecified atom stereocenters. The zero-order valence-electron chi connectivity index (χ0n) is 18.0. The number of aryl methyl sites for hydroxylation is 1. The Morgan fingerprint density at radius 3 is 2.17 bits per heavy atom. The topological polar surface area (TPSA) is 0 Å². The molecule has 0 N–H and O–H groups in total. The van der Waals surface area contributed by atoms with Gasteiger partial charge in [0.25, 0.3) is 0 Å². The summed E-state index contributed by atoms with van der Waals surface area (Å²) in [5.74, 6) is -3.09. The fourth-order valence-electron chi connectivity index (χ4n) is 4.77. The lowest BCUT2D eigenvalue weighted by molar-refractivity contribution is 0.301. The number of rotatable bonds is 8. The zero-order chi connectivity index (χ0) is 21.7. The van der Waals surface area contributed by atoms with E-state index >= 15 is 0 Å². The lowest BCUT2D eigenvalue weighted by Gasteiger charge is -2.29. The molecule has 30 heavy (non-hydrogen) atoms. The Balaban J connectivity index is 1.64. The van der Waals surface area contributed by atoms with Gasteiger partial charge in [0.15, 0.2) is 11.6 Å². The highest BCUT2D eigenvalue weighted by Gasteiger charge is 2.25. The monoisotopic (exact) mass is 420 g/mol. The van der Waals surface area contributed by atoms with E-state index in [-0.39, 0.29) is 17.0 Å². The molecule has 1 aliphatic carbocycles. The van der Waals surface area contributed by atoms with E-state index in [0.29, 0.717) is 0 Å². The fraction of sp³-hybridized carbons (Fsp3) is 0.538. The van der Waals surface area contributed by atoms with Crippen molar-refractivity contribution in [3.8, 4) is 11.1 Å². The van der Waals surface area contributed by atoms with Crippen LogP contribution in [0.15, 0.2) is 24.3 Å². The van der Waals surface area contributed by atoms with Gasteiger partial charge in [0.05, 0.1) is 5.56 Å². The number of unbranched alkanes of at least 4 members (excludes halogenated alkanes) is 4. The summed E-state index contributed by atoms with van der Waals surface area (Å²) in [5.41, 5.74) is -0.124. The Morgan fingerprint density at radius 2 is 1.50 bits per heavy atom. The van der Waals surface area contributed by atoms with Gasteiger partial charge in [0, 0.05) is 5.56 Å². The van der Waals surface area contributed by atoms with Crippen molar-refractivity contribution in [2.45, 2.75) is 84.0 Å². The van der Waals surface area contributed by atoms with Gasteiger partial charge in [0.2, 0.25) is 0 Å². The third kappa shape index (κ3) is 5.25. The van der Waals surface area contributed by atoms with Crippen LogP contribution < -0.4 is 0 Å². The summed E-state index contributed by atoms with van der Waals surface area (Å²) in [4.78, 5) is 0. The Kier molecular flexibility index (Phi) is 7.96. The molecule has 2 aromatic rings. The predicted molar refractivity (Wildman–Crippen MR) is 115 cm³/mol. The Morgan fingerprint density at radius 1 is 0.800 bits per heavy atom. The largest absolute Gasteiger partial charge is 0.206 e. The van der Waals surface area contributed by atoms with E-state index < -0.39 is 28.8 Å². The number of benzene rings is 2. The number of hydrogen-bond acceptors (Lipinski definition) is 0. The van der Waals surface area contributed by atoms with Crippen LogP contribution in [0.5, 0.6) is 0 Å². The number of hydrogen-bond donors (Lipinski definition) is 0. The molecule has 164 valence electrons. The van der Waals surface area contributed by atoms with Crippen molar-refractivity contribution in [1.29, 1.82) is 0 Å². The van der Waals surface area contributed by atoms with Gasteiger partial charge < -0.3 is 0 Å². The molecule has 0 atom stereocenters. The molecule has 0 bridgehead atoms. The second-order valence-corrected chi connectivity index (χ2v) is 8.84. The molecule has 1 saturated carbocycles. The van der Waals surface area contributed by atoms with Crippen molar-refractivity contribution in [2.75, 3.05) is 0 Å². The van der Waals surface area contributed by atoms with E-state index in [1.54, 1.807) is 6.07 Å². The first-order valence-corrected chi connectivity index (χ1v) is 11.4. The highest BCUT2D eigenvalue weighted by molar-refractivity contribution is 5.66. The summed E-state index contributed by atoms with van der Waals surface area (Å²) in [6, 6.07) is 5.41. The van der Waals surface area contributed by atoms with Gasteiger partial charge >= 0.3 is 0 Å². The van der Waals surface area contributed by atoms with Crippen LogP contribution in [0.1, 0.15) is 88.2 Å². The molecule has 4 heteroatoms. The molecule has 2 aromatic carbocycles. The smallest absolute Gasteiger partial charge is 0.169 e. The van der Waals surface area contributed by atoms with Crippen LogP contribution in [0.4, 0.5) is 17.6 Å². The molecular formula is C26H32F4. The first kappa shape index (κ1) is 22.8. The highest BCUT2D eigenvalue weighted by Crippen LogP contribution is 2.39. The van der Waals surface area contributed by atoms with Crippen molar-refractivity contribution >= 4 is 0 Å². The van der Waals surface area contributed by atoms with E-state index in [9.17, 15) is 17.6 Å². The van der Waals surface area contributed by atoms with Crippen LogP contribution in [0.25, 0.3) is 11.1 Å². The van der Waals surface area contributed by atoms with Crippen molar-refractivity contribution in [1.82, 2.24) is 0 Å². The molecule has 1 aliphatic rings. The maximum atomic E-state index is 14.8. The summed E-state index contributed by atoms with van der Waals surface area (Å²) in [5, 5.41) is 0. The van der Waals surface area contributed by atoms with E-state index in [1.807, 2.05) is 0 Å². The summed E-state index contributed by atoms with van der Waals surface area (Å²) >= 11 is 0. The zero-order valence-corrected chi connectivity index (χ0v) is 18.0. The SMILES string of the molecule is CCCCCCC[C@H]1CC[C@H](c2ccc(-c3c(F)cc(C)c(F)c3F)c(F)c2)CC1. The molecule has 0 saturated heterocycles. The van der Waals surface area contributed by atoms with Crippen LogP contribution in [0.3, 0.4) is 0 Å². The molecule has 3 rings (SSSR count). The fourth-order valence-corrected chi connectivity index (χ4v) is 4.77. The second-order valence-electron chi connectivity index (χ2n) is 8.84. The van der Waals surface area contributed by atoms with Gasteiger partial charge in [-0.25, -0.2) is 17.6 Å². The third-order valence-electron chi connectivity index (χ3n) is 6.64. The molecule has 0 amide bonds. The Hall–Kier alpha value is -1.84. The van der Waals surface area contributed by atoms with E-state index in [4.69, 9.17) is 0 Å². The lowest BCUT2D eigenvalue weighted by atomic mass is 9.77. The molecule has 0 aromatic heterocycles. The van der Waals surface area contributed by atoms with Gasteiger partial charge in [-0.05, 0) is 67.7 Å². The molecule has 0 spiro atoms. The van der Waals surface area contributed by atoms with Gasteiger partial charge in [0.1, 0.15) is 11.6 Å². The molecule has 1 fully saturated rings. The van der Waals surface area contributed by atoms with Gasteiger partial charge in [-0.15, -0.1) is 0 Å². The van der Waals surface area contributed by atoms with Crippen LogP contribution >= 0.6 is 0 Å². The minimum Gasteiger partial charge on any atom is -0.206 e. The van der Waals surface area contributed by atoms with E-state index in [1.165, 1.54) is 57.6 Å². The maximum Gasteiger partial charge on any atom is 0.169 e. The third-order valence-corrected chi connectivity index (χ3v) is 6.64. The van der Waals surface area contributed by atoms with E-state index in [2.05, 4.69) is 6.92 Å². The van der Waals surface area contributed by atoms with Gasteiger partial charge in [-0.2, -0.15) is 0 Å². The minimum atomic E-state index is -1.33. The molecule has 0 aliphatic heterocycles. The summed E-state index contributed by atoms with van der Waals surface area (Å²) < 4.78 is 57.2. The lowest BCUT2D eigenvalue weighted by Crippen LogP contribution is -2.13. The summed E-state index contributed by atoms with van der Waals surface area (Å²) in [6.45, 7) is 3.51. The van der Waals surface area contributed by atoms with E-state index in [0.717, 1.165) is 43.2 Å². The van der Waals surface area contributed by atoms with Crippen LogP contribution in [0.2, 0.25) is 0 Å². The van der Waals surface area contributed by atoms with Crippen molar-refractivity contribution < 1.29 is 17.6 Å². The first-order chi connectivity index (χ1) is 14.4.